The van der Waals surface area contributed by atoms with Gasteiger partial charge in [-0.3, -0.25) is 0 Å². The highest BCUT2D eigenvalue weighted by Gasteiger charge is 2.03. The molecule has 0 spiro atoms. The number of thiophene rings is 1. The molecule has 0 saturated carbocycles. The molecule has 18 heavy (non-hydrogen) atoms. The van der Waals surface area contributed by atoms with Gasteiger partial charge >= 0.3 is 0 Å². The number of hydrogen-bond acceptors (Lipinski definition) is 5. The molecule has 0 aromatic carbocycles. The van der Waals surface area contributed by atoms with Crippen molar-refractivity contribution >= 4 is 22.8 Å². The zero-order valence-corrected chi connectivity index (χ0v) is 11.2. The van der Waals surface area contributed by atoms with Crippen molar-refractivity contribution in [3.05, 3.63) is 34.5 Å². The molecule has 0 atom stereocenters. The Morgan fingerprint density at radius 2 is 2.28 bits per heavy atom. The van der Waals surface area contributed by atoms with E-state index in [2.05, 4.69) is 27.8 Å². The molecule has 4 nitrogen and oxygen atoms in total. The summed E-state index contributed by atoms with van der Waals surface area (Å²) in [6, 6.07) is 7.88. The predicted molar refractivity (Wildman–Crippen MR) is 76.3 cm³/mol. The SMILES string of the molecule is CCOc1nc(NCCc2cccs2)ccc1N. The molecule has 2 heterocycles. The Bertz CT molecular complexity index is 485. The quantitative estimate of drug-likeness (QED) is 0.841. The van der Waals surface area contributed by atoms with Crippen molar-refractivity contribution in [2.75, 3.05) is 24.2 Å². The molecule has 2 aromatic heterocycles. The van der Waals surface area contributed by atoms with E-state index in [9.17, 15) is 0 Å². The molecule has 2 rings (SSSR count). The largest absolute Gasteiger partial charge is 0.476 e. The first-order chi connectivity index (χ1) is 8.79. The van der Waals surface area contributed by atoms with Crippen molar-refractivity contribution in [2.24, 2.45) is 0 Å². The van der Waals surface area contributed by atoms with Crippen LogP contribution in [0.4, 0.5) is 11.5 Å². The van der Waals surface area contributed by atoms with E-state index >= 15 is 0 Å². The summed E-state index contributed by atoms with van der Waals surface area (Å²) in [5.74, 6) is 1.29. The van der Waals surface area contributed by atoms with Gasteiger partial charge in [0.15, 0.2) is 0 Å². The second-order valence-electron chi connectivity index (χ2n) is 3.78. The molecule has 0 fully saturated rings. The van der Waals surface area contributed by atoms with Gasteiger partial charge in [0, 0.05) is 11.4 Å². The van der Waals surface area contributed by atoms with Gasteiger partial charge in [-0.15, -0.1) is 11.3 Å². The van der Waals surface area contributed by atoms with E-state index in [1.165, 1.54) is 4.88 Å². The summed E-state index contributed by atoms with van der Waals surface area (Å²) in [7, 11) is 0. The second-order valence-corrected chi connectivity index (χ2v) is 4.81. The predicted octanol–water partition coefficient (Wildman–Crippen LogP) is 2.78. The van der Waals surface area contributed by atoms with Crippen LogP contribution in [0.25, 0.3) is 0 Å². The molecule has 0 aliphatic carbocycles. The highest BCUT2D eigenvalue weighted by atomic mass is 32.1. The zero-order chi connectivity index (χ0) is 12.8. The number of nitrogens with two attached hydrogens (primary N) is 1. The Morgan fingerprint density at radius 1 is 1.39 bits per heavy atom. The average Bonchev–Trinajstić information content (AvgIpc) is 2.87. The molecular weight excluding hydrogens is 246 g/mol. The van der Waals surface area contributed by atoms with Crippen LogP contribution < -0.4 is 15.8 Å². The van der Waals surface area contributed by atoms with Gasteiger partial charge in [0.2, 0.25) is 5.88 Å². The van der Waals surface area contributed by atoms with E-state index in [0.717, 1.165) is 18.8 Å². The van der Waals surface area contributed by atoms with Gasteiger partial charge < -0.3 is 15.8 Å². The fraction of sp³-hybridized carbons (Fsp3) is 0.308. The van der Waals surface area contributed by atoms with Crippen LogP contribution in [-0.4, -0.2) is 18.1 Å². The fourth-order valence-corrected chi connectivity index (χ4v) is 2.28. The van der Waals surface area contributed by atoms with E-state index in [-0.39, 0.29) is 0 Å². The molecule has 0 aliphatic rings. The molecule has 0 aliphatic heterocycles. The number of pyridine rings is 1. The first-order valence-corrected chi connectivity index (χ1v) is 6.83. The Morgan fingerprint density at radius 3 is 3.00 bits per heavy atom. The number of ether oxygens (including phenoxy) is 1. The molecule has 0 unspecified atom stereocenters. The molecule has 0 amide bonds. The van der Waals surface area contributed by atoms with Gasteiger partial charge in [0.25, 0.3) is 0 Å². The first kappa shape index (κ1) is 12.7. The minimum absolute atomic E-state index is 0.499. The van der Waals surface area contributed by atoms with Crippen LogP contribution in [0.5, 0.6) is 5.88 Å². The topological polar surface area (TPSA) is 60.2 Å². The van der Waals surface area contributed by atoms with E-state index < -0.39 is 0 Å². The number of rotatable bonds is 6. The first-order valence-electron chi connectivity index (χ1n) is 5.95. The van der Waals surface area contributed by atoms with Crippen LogP contribution in [0, 0.1) is 0 Å². The number of hydrogen-bond donors (Lipinski definition) is 2. The third kappa shape index (κ3) is 3.37. The maximum Gasteiger partial charge on any atom is 0.239 e. The van der Waals surface area contributed by atoms with Crippen LogP contribution in [-0.2, 0) is 6.42 Å². The summed E-state index contributed by atoms with van der Waals surface area (Å²) in [6.07, 6.45) is 0.994. The van der Waals surface area contributed by atoms with Crippen LogP contribution in [0.3, 0.4) is 0 Å². The van der Waals surface area contributed by atoms with E-state index in [0.29, 0.717) is 18.2 Å². The number of anilines is 2. The summed E-state index contributed by atoms with van der Waals surface area (Å²) in [5.41, 5.74) is 6.34. The van der Waals surface area contributed by atoms with Crippen molar-refractivity contribution in [1.29, 1.82) is 0 Å². The van der Waals surface area contributed by atoms with Crippen molar-refractivity contribution < 1.29 is 4.74 Å². The molecule has 3 N–H and O–H groups in total. The van der Waals surface area contributed by atoms with Crippen LogP contribution in [0.1, 0.15) is 11.8 Å². The van der Waals surface area contributed by atoms with Gasteiger partial charge in [-0.25, -0.2) is 0 Å². The number of nitrogen functional groups attached to an aromatic ring is 1. The standard InChI is InChI=1S/C13H17N3OS/c1-2-17-13-11(14)5-6-12(16-13)15-8-7-10-4-3-9-18-10/h3-6,9H,2,7-8,14H2,1H3,(H,15,16). The summed E-state index contributed by atoms with van der Waals surface area (Å²) >= 11 is 1.77. The Balaban J connectivity index is 1.90. The molecule has 0 bridgehead atoms. The Labute approximate surface area is 111 Å². The average molecular weight is 263 g/mol. The molecule has 5 heteroatoms. The van der Waals surface area contributed by atoms with E-state index in [4.69, 9.17) is 10.5 Å². The highest BCUT2D eigenvalue weighted by molar-refractivity contribution is 7.09. The maximum atomic E-state index is 5.77. The van der Waals surface area contributed by atoms with Crippen molar-refractivity contribution in [3.8, 4) is 5.88 Å². The van der Waals surface area contributed by atoms with Crippen molar-refractivity contribution in [3.63, 3.8) is 0 Å². The van der Waals surface area contributed by atoms with Gasteiger partial charge in [0.05, 0.1) is 12.3 Å². The third-order valence-corrected chi connectivity index (χ3v) is 3.36. The Hall–Kier alpha value is -1.75. The molecule has 2 aromatic rings. The zero-order valence-electron chi connectivity index (χ0n) is 10.3. The summed E-state index contributed by atoms with van der Waals surface area (Å²) in [5, 5.41) is 5.36. The summed E-state index contributed by atoms with van der Waals surface area (Å²) in [6.45, 7) is 3.33. The van der Waals surface area contributed by atoms with E-state index in [1.54, 1.807) is 11.3 Å². The van der Waals surface area contributed by atoms with Gasteiger partial charge in [-0.1, -0.05) is 6.07 Å². The lowest BCUT2D eigenvalue weighted by atomic mass is 10.3. The van der Waals surface area contributed by atoms with Crippen molar-refractivity contribution in [2.45, 2.75) is 13.3 Å². The minimum atomic E-state index is 0.499. The number of aromatic nitrogens is 1. The number of nitrogens with one attached hydrogen (secondary N) is 1. The molecule has 0 radical (unpaired) electrons. The molecule has 0 saturated heterocycles. The lowest BCUT2D eigenvalue weighted by Crippen LogP contribution is -2.07. The fourth-order valence-electron chi connectivity index (χ4n) is 1.57. The minimum Gasteiger partial charge on any atom is -0.476 e. The maximum absolute atomic E-state index is 5.77. The summed E-state index contributed by atoms with van der Waals surface area (Å²) in [4.78, 5) is 5.69. The molecular formula is C13H17N3OS. The van der Waals surface area contributed by atoms with Crippen molar-refractivity contribution in [1.82, 2.24) is 4.98 Å². The normalized spacial score (nSPS) is 10.3. The van der Waals surface area contributed by atoms with Gasteiger partial charge in [-0.05, 0) is 36.9 Å². The summed E-state index contributed by atoms with van der Waals surface area (Å²) < 4.78 is 5.36. The lowest BCUT2D eigenvalue weighted by Gasteiger charge is -2.09. The smallest absolute Gasteiger partial charge is 0.239 e. The van der Waals surface area contributed by atoms with Crippen LogP contribution in [0.2, 0.25) is 0 Å². The Kier molecular flexibility index (Phi) is 4.41. The van der Waals surface area contributed by atoms with Crippen LogP contribution in [0.15, 0.2) is 29.6 Å². The number of nitrogens with zero attached hydrogens (tertiary/aromatic N) is 1. The van der Waals surface area contributed by atoms with Gasteiger partial charge in [-0.2, -0.15) is 4.98 Å². The molecule has 96 valence electrons. The monoisotopic (exact) mass is 263 g/mol. The highest BCUT2D eigenvalue weighted by Crippen LogP contribution is 2.20. The second kappa shape index (κ2) is 6.26. The van der Waals surface area contributed by atoms with Crippen LogP contribution >= 0.6 is 11.3 Å². The van der Waals surface area contributed by atoms with Gasteiger partial charge in [0.1, 0.15) is 5.82 Å². The third-order valence-electron chi connectivity index (χ3n) is 2.43. The van der Waals surface area contributed by atoms with E-state index in [1.807, 2.05) is 19.1 Å². The lowest BCUT2D eigenvalue weighted by molar-refractivity contribution is 0.329.